The molecule has 1 amide bonds. The first-order valence-electron chi connectivity index (χ1n) is 11.9. The molecule has 0 aliphatic carbocycles. The lowest BCUT2D eigenvalue weighted by Gasteiger charge is -2.31. The molecule has 224 valence electrons. The van der Waals surface area contributed by atoms with Gasteiger partial charge in [0.25, 0.3) is 11.6 Å². The molecule has 0 aliphatic rings. The zero-order valence-electron chi connectivity index (χ0n) is 23.5. The molecule has 1 aromatic carbocycles. The number of phosphoric ester groups is 1. The number of likely N-dealkylation sites (N-methyl/N-ethyl adjacent to an activating group) is 1. The molecule has 0 heterocycles. The number of anilines is 1. The van der Waals surface area contributed by atoms with E-state index < -0.39 is 45.4 Å². The molecule has 0 spiro atoms. The Hall–Kier alpha value is -1.09. The van der Waals surface area contributed by atoms with E-state index in [1.54, 1.807) is 46.4 Å². The largest absolute Gasteiger partial charge is 0.475 e. The molecule has 0 bridgehead atoms. The quantitative estimate of drug-likeness (QED) is 0.106. The average Bonchev–Trinajstić information content (AvgIpc) is 2.73. The number of rotatable bonds is 14. The molecule has 0 radical (unpaired) electrons. The maximum atomic E-state index is 13.4. The summed E-state index contributed by atoms with van der Waals surface area (Å²) in [6.07, 6.45) is 0.957. The lowest BCUT2D eigenvalue weighted by molar-refractivity contribution is -0.385. The number of carbonyl (C=O) groups excluding carboxylic acids is 1. The van der Waals surface area contributed by atoms with Crippen molar-refractivity contribution in [1.29, 1.82) is 0 Å². The fourth-order valence-corrected chi connectivity index (χ4v) is 6.86. The molecule has 16 heteroatoms. The number of nitrogens with zero attached hydrogens (tertiary/aromatic N) is 3. The summed E-state index contributed by atoms with van der Waals surface area (Å²) < 4.78 is 55.0. The highest BCUT2D eigenvalue weighted by molar-refractivity contribution is 9.09. The van der Waals surface area contributed by atoms with E-state index in [0.717, 1.165) is 17.2 Å². The van der Waals surface area contributed by atoms with Gasteiger partial charge in [0, 0.05) is 49.7 Å². The van der Waals surface area contributed by atoms with Crippen molar-refractivity contribution in [3.05, 3.63) is 27.8 Å². The zero-order chi connectivity index (χ0) is 30.4. The standard InChI is InChI=1S/C23H38Br2N3O9PS/c1-22(2,3)36-38(32,37-23(4,5)6)35-14-13-26(7)21(29)17-15-19(27(11-9-24)12-10-25)20(39(8,33)34)16-18(17)28(30)31/h15-16H,9-14H2,1-8H3. The van der Waals surface area contributed by atoms with Crippen LogP contribution in [0.3, 0.4) is 0 Å². The first-order chi connectivity index (χ1) is 17.6. The monoisotopic (exact) mass is 721 g/mol. The average molecular weight is 723 g/mol. The van der Waals surface area contributed by atoms with E-state index in [2.05, 4.69) is 31.9 Å². The van der Waals surface area contributed by atoms with E-state index in [4.69, 9.17) is 13.6 Å². The Labute approximate surface area is 247 Å². The van der Waals surface area contributed by atoms with E-state index >= 15 is 0 Å². The highest BCUT2D eigenvalue weighted by Crippen LogP contribution is 2.55. The minimum absolute atomic E-state index is 0.114. The molecule has 0 saturated heterocycles. The van der Waals surface area contributed by atoms with Gasteiger partial charge in [-0.15, -0.1) is 0 Å². The topological polar surface area (TPSA) is 146 Å². The first kappa shape index (κ1) is 35.9. The van der Waals surface area contributed by atoms with Crippen LogP contribution < -0.4 is 4.90 Å². The zero-order valence-corrected chi connectivity index (χ0v) is 28.4. The second-order valence-electron chi connectivity index (χ2n) is 10.6. The van der Waals surface area contributed by atoms with Gasteiger partial charge in [-0.2, -0.15) is 0 Å². The summed E-state index contributed by atoms with van der Waals surface area (Å²) in [5.74, 6) is -0.743. The third-order valence-electron chi connectivity index (χ3n) is 4.75. The smallest absolute Gasteiger partial charge is 0.369 e. The molecule has 0 atom stereocenters. The van der Waals surface area contributed by atoms with Crippen molar-refractivity contribution in [1.82, 2.24) is 4.90 Å². The molecule has 0 N–H and O–H groups in total. The first-order valence-corrected chi connectivity index (χ1v) is 17.5. The molecule has 0 aliphatic heterocycles. The number of amides is 1. The molecular weight excluding hydrogens is 685 g/mol. The molecule has 0 aromatic heterocycles. The maximum Gasteiger partial charge on any atom is 0.475 e. The number of carbonyl (C=O) groups is 1. The van der Waals surface area contributed by atoms with Crippen molar-refractivity contribution in [2.45, 2.75) is 57.6 Å². The highest BCUT2D eigenvalue weighted by Gasteiger charge is 2.37. The summed E-state index contributed by atoms with van der Waals surface area (Å²) in [5, 5.41) is 12.9. The van der Waals surface area contributed by atoms with Crippen molar-refractivity contribution in [3.63, 3.8) is 0 Å². The summed E-state index contributed by atoms with van der Waals surface area (Å²) in [7, 11) is -6.51. The number of nitro groups is 1. The minimum Gasteiger partial charge on any atom is -0.369 e. The van der Waals surface area contributed by atoms with Crippen molar-refractivity contribution in [2.24, 2.45) is 0 Å². The van der Waals surface area contributed by atoms with Gasteiger partial charge in [0.2, 0.25) is 0 Å². The number of hydrogen-bond acceptors (Lipinski definition) is 10. The molecule has 39 heavy (non-hydrogen) atoms. The Bertz CT molecular complexity index is 1160. The van der Waals surface area contributed by atoms with Crippen LogP contribution in [0.4, 0.5) is 11.4 Å². The third kappa shape index (κ3) is 11.7. The molecule has 1 aromatic rings. The van der Waals surface area contributed by atoms with Crippen LogP contribution in [-0.2, 0) is 28.0 Å². The summed E-state index contributed by atoms with van der Waals surface area (Å²) in [6.45, 7) is 10.5. The highest BCUT2D eigenvalue weighted by atomic mass is 79.9. The van der Waals surface area contributed by atoms with Crippen LogP contribution in [0.25, 0.3) is 0 Å². The van der Waals surface area contributed by atoms with E-state index in [-0.39, 0.29) is 29.3 Å². The van der Waals surface area contributed by atoms with Gasteiger partial charge in [0.05, 0.1) is 33.3 Å². The van der Waals surface area contributed by atoms with Crippen molar-refractivity contribution in [3.8, 4) is 0 Å². The Kier molecular flexibility index (Phi) is 13.1. The number of hydrogen-bond donors (Lipinski definition) is 0. The molecule has 1 rings (SSSR count). The molecule has 12 nitrogen and oxygen atoms in total. The number of alkyl halides is 2. The fourth-order valence-electron chi connectivity index (χ4n) is 3.32. The number of nitro benzene ring substituents is 1. The van der Waals surface area contributed by atoms with E-state index in [0.29, 0.717) is 23.7 Å². The number of sulfone groups is 1. The molecular formula is C23H38Br2N3O9PS. The Morgan fingerprint density at radius 2 is 1.51 bits per heavy atom. The van der Waals surface area contributed by atoms with Crippen LogP contribution in [0.2, 0.25) is 0 Å². The third-order valence-corrected chi connectivity index (χ3v) is 8.62. The summed E-state index contributed by atoms with van der Waals surface area (Å²) in [4.78, 5) is 27.1. The SMILES string of the molecule is CN(CCOP(=O)(OC(C)(C)C)OC(C)(C)C)C(=O)c1cc(N(CCBr)CCBr)c(S(C)(=O)=O)cc1[N+](=O)[O-]. The maximum absolute atomic E-state index is 13.4. The van der Waals surface area contributed by atoms with Crippen LogP contribution in [0, 0.1) is 10.1 Å². The van der Waals surface area contributed by atoms with Gasteiger partial charge in [0.1, 0.15) is 5.56 Å². The van der Waals surface area contributed by atoms with Crippen molar-refractivity contribution in [2.75, 3.05) is 55.1 Å². The Balaban J connectivity index is 3.40. The fraction of sp³-hybridized carbons (Fsp3) is 0.696. The van der Waals surface area contributed by atoms with Gasteiger partial charge >= 0.3 is 7.82 Å². The lowest BCUT2D eigenvalue weighted by atomic mass is 10.1. The molecule has 0 saturated carbocycles. The second kappa shape index (κ2) is 14.2. The van der Waals surface area contributed by atoms with E-state index in [1.807, 2.05) is 0 Å². The van der Waals surface area contributed by atoms with Crippen molar-refractivity contribution >= 4 is 66.8 Å². The van der Waals surface area contributed by atoms with Crippen LogP contribution in [0.15, 0.2) is 17.0 Å². The van der Waals surface area contributed by atoms with E-state index in [1.165, 1.54) is 13.1 Å². The summed E-state index contributed by atoms with van der Waals surface area (Å²) >= 11 is 6.67. The predicted molar refractivity (Wildman–Crippen MR) is 158 cm³/mol. The van der Waals surface area contributed by atoms with Gasteiger partial charge < -0.3 is 9.80 Å². The number of benzene rings is 1. The van der Waals surface area contributed by atoms with Gasteiger partial charge in [-0.25, -0.2) is 13.0 Å². The Morgan fingerprint density at radius 1 is 1.03 bits per heavy atom. The number of halogens is 2. The van der Waals surface area contributed by atoms with Crippen LogP contribution in [0.5, 0.6) is 0 Å². The molecule has 0 unspecified atom stereocenters. The van der Waals surface area contributed by atoms with Gasteiger partial charge in [-0.1, -0.05) is 31.9 Å². The van der Waals surface area contributed by atoms with Gasteiger partial charge in [-0.05, 0) is 47.6 Å². The second-order valence-corrected chi connectivity index (χ2v) is 15.7. The summed E-state index contributed by atoms with van der Waals surface area (Å²) in [5.41, 5.74) is -2.46. The van der Waals surface area contributed by atoms with Gasteiger partial charge in [0.15, 0.2) is 9.84 Å². The van der Waals surface area contributed by atoms with Crippen LogP contribution in [0.1, 0.15) is 51.9 Å². The molecule has 0 fully saturated rings. The number of phosphoric acid groups is 1. The van der Waals surface area contributed by atoms with Crippen LogP contribution in [-0.4, -0.2) is 85.6 Å². The summed E-state index contributed by atoms with van der Waals surface area (Å²) in [6, 6.07) is 2.15. The minimum atomic E-state index is -4.04. The predicted octanol–water partition coefficient (Wildman–Crippen LogP) is 5.42. The lowest BCUT2D eigenvalue weighted by Crippen LogP contribution is -2.33. The van der Waals surface area contributed by atoms with Crippen LogP contribution >= 0.6 is 39.7 Å². The Morgan fingerprint density at radius 3 is 1.90 bits per heavy atom. The normalized spacial score (nSPS) is 12.9. The van der Waals surface area contributed by atoms with Crippen molar-refractivity contribution < 1.29 is 36.3 Å². The van der Waals surface area contributed by atoms with E-state index in [9.17, 15) is 27.9 Å². The van der Waals surface area contributed by atoms with Gasteiger partial charge in [-0.3, -0.25) is 28.5 Å².